The summed E-state index contributed by atoms with van der Waals surface area (Å²) in [6, 6.07) is -0.672. The maximum absolute atomic E-state index is 11.3. The summed E-state index contributed by atoms with van der Waals surface area (Å²) < 4.78 is 0. The molecule has 1 amide bonds. The molecule has 0 radical (unpaired) electrons. The summed E-state index contributed by atoms with van der Waals surface area (Å²) in [6.45, 7) is 2.33. The Morgan fingerprint density at radius 1 is 1.59 bits per heavy atom. The molecule has 0 bridgehead atoms. The van der Waals surface area contributed by atoms with E-state index in [9.17, 15) is 14.4 Å². The zero-order valence-electron chi connectivity index (χ0n) is 9.80. The van der Waals surface area contributed by atoms with E-state index in [0.29, 0.717) is 13.0 Å². The Kier molecular flexibility index (Phi) is 5.09. The number of carbonyl (C=O) groups excluding carboxylic acids is 2. The van der Waals surface area contributed by atoms with Gasteiger partial charge in [0.25, 0.3) is 0 Å². The van der Waals surface area contributed by atoms with E-state index >= 15 is 0 Å². The number of amides is 1. The second-order valence-electron chi connectivity index (χ2n) is 4.11. The van der Waals surface area contributed by atoms with E-state index in [1.54, 1.807) is 0 Å². The SMILES string of the molecule is CCCCON(C=O)C1CC(=O)CC1C(=O)O. The van der Waals surface area contributed by atoms with Crippen molar-refractivity contribution in [3.8, 4) is 0 Å². The molecule has 0 aromatic carbocycles. The van der Waals surface area contributed by atoms with Crippen molar-refractivity contribution in [3.05, 3.63) is 0 Å². The summed E-state index contributed by atoms with van der Waals surface area (Å²) >= 11 is 0. The van der Waals surface area contributed by atoms with Crippen LogP contribution in [0.15, 0.2) is 0 Å². The highest BCUT2D eigenvalue weighted by Crippen LogP contribution is 2.27. The van der Waals surface area contributed by atoms with Gasteiger partial charge in [0.1, 0.15) is 5.78 Å². The third-order valence-electron chi connectivity index (χ3n) is 2.84. The van der Waals surface area contributed by atoms with Crippen LogP contribution in [-0.4, -0.2) is 41.0 Å². The molecule has 0 aromatic rings. The first-order valence-electron chi connectivity index (χ1n) is 5.71. The summed E-state index contributed by atoms with van der Waals surface area (Å²) in [7, 11) is 0. The predicted molar refractivity (Wildman–Crippen MR) is 57.9 cm³/mol. The summed E-state index contributed by atoms with van der Waals surface area (Å²) in [5, 5.41) is 9.95. The Morgan fingerprint density at radius 2 is 2.29 bits per heavy atom. The molecule has 0 spiro atoms. The van der Waals surface area contributed by atoms with Crippen molar-refractivity contribution in [1.29, 1.82) is 0 Å². The lowest BCUT2D eigenvalue weighted by atomic mass is 10.0. The van der Waals surface area contributed by atoms with Crippen LogP contribution in [0.5, 0.6) is 0 Å². The van der Waals surface area contributed by atoms with Gasteiger partial charge in [-0.3, -0.25) is 19.2 Å². The molecule has 96 valence electrons. The molecular weight excluding hydrogens is 226 g/mol. The van der Waals surface area contributed by atoms with Gasteiger partial charge < -0.3 is 5.11 Å². The number of carbonyl (C=O) groups is 3. The monoisotopic (exact) mass is 243 g/mol. The van der Waals surface area contributed by atoms with Crippen LogP contribution < -0.4 is 0 Å². The molecule has 6 heteroatoms. The van der Waals surface area contributed by atoms with E-state index in [4.69, 9.17) is 9.94 Å². The van der Waals surface area contributed by atoms with Crippen LogP contribution in [0.1, 0.15) is 32.6 Å². The van der Waals surface area contributed by atoms with Crippen molar-refractivity contribution in [1.82, 2.24) is 5.06 Å². The van der Waals surface area contributed by atoms with Crippen molar-refractivity contribution in [2.24, 2.45) is 5.92 Å². The molecule has 0 aromatic heterocycles. The number of nitrogens with zero attached hydrogens (tertiary/aromatic N) is 1. The number of hydrogen-bond donors (Lipinski definition) is 1. The smallest absolute Gasteiger partial charge is 0.309 e. The lowest BCUT2D eigenvalue weighted by Gasteiger charge is -2.26. The summed E-state index contributed by atoms with van der Waals surface area (Å²) in [5.41, 5.74) is 0. The molecule has 0 heterocycles. The van der Waals surface area contributed by atoms with Crippen LogP contribution in [0.4, 0.5) is 0 Å². The fourth-order valence-corrected chi connectivity index (χ4v) is 1.88. The van der Waals surface area contributed by atoms with E-state index in [0.717, 1.165) is 17.9 Å². The normalized spacial score (nSPS) is 23.7. The largest absolute Gasteiger partial charge is 0.481 e. The molecule has 0 saturated heterocycles. The standard InChI is InChI=1S/C11H17NO5/c1-2-3-4-17-12(7-13)10-6-8(14)5-9(10)11(15)16/h7,9-10H,2-6H2,1H3,(H,15,16). The average molecular weight is 243 g/mol. The molecule has 1 fully saturated rings. The van der Waals surface area contributed by atoms with Crippen LogP contribution in [0.2, 0.25) is 0 Å². The maximum Gasteiger partial charge on any atom is 0.309 e. The number of aliphatic carboxylic acids is 1. The molecule has 1 saturated carbocycles. The fourth-order valence-electron chi connectivity index (χ4n) is 1.88. The lowest BCUT2D eigenvalue weighted by molar-refractivity contribution is -0.193. The third kappa shape index (κ3) is 3.52. The average Bonchev–Trinajstić information content (AvgIpc) is 2.67. The minimum atomic E-state index is -1.06. The molecule has 2 unspecified atom stereocenters. The molecule has 17 heavy (non-hydrogen) atoms. The molecule has 2 atom stereocenters. The van der Waals surface area contributed by atoms with Crippen LogP contribution >= 0.6 is 0 Å². The minimum Gasteiger partial charge on any atom is -0.481 e. The third-order valence-corrected chi connectivity index (χ3v) is 2.84. The van der Waals surface area contributed by atoms with Gasteiger partial charge in [0.2, 0.25) is 6.41 Å². The number of carboxylic acids is 1. The van der Waals surface area contributed by atoms with E-state index in [1.165, 1.54) is 0 Å². The van der Waals surface area contributed by atoms with Gasteiger partial charge in [0, 0.05) is 12.8 Å². The lowest BCUT2D eigenvalue weighted by Crippen LogP contribution is -2.40. The summed E-state index contributed by atoms with van der Waals surface area (Å²) in [5.74, 6) is -2.06. The van der Waals surface area contributed by atoms with E-state index in [1.807, 2.05) is 6.92 Å². The van der Waals surface area contributed by atoms with Crippen molar-refractivity contribution < 1.29 is 24.3 Å². The van der Waals surface area contributed by atoms with Gasteiger partial charge in [-0.2, -0.15) is 0 Å². The number of hydrogen-bond acceptors (Lipinski definition) is 4. The number of ketones is 1. The molecule has 1 aliphatic rings. The van der Waals surface area contributed by atoms with E-state index < -0.39 is 17.9 Å². The maximum atomic E-state index is 11.3. The Labute approximate surface area is 99.5 Å². The van der Waals surface area contributed by atoms with Crippen molar-refractivity contribution in [3.63, 3.8) is 0 Å². The van der Waals surface area contributed by atoms with Crippen molar-refractivity contribution >= 4 is 18.2 Å². The van der Waals surface area contributed by atoms with Gasteiger partial charge in [0.15, 0.2) is 0 Å². The fraction of sp³-hybridized carbons (Fsp3) is 0.727. The van der Waals surface area contributed by atoms with Gasteiger partial charge in [0.05, 0.1) is 18.6 Å². The highest BCUT2D eigenvalue weighted by molar-refractivity contribution is 5.89. The van der Waals surface area contributed by atoms with Crippen molar-refractivity contribution in [2.45, 2.75) is 38.6 Å². The Balaban J connectivity index is 2.62. The van der Waals surface area contributed by atoms with Crippen LogP contribution in [0.25, 0.3) is 0 Å². The number of rotatable bonds is 7. The molecule has 1 aliphatic carbocycles. The minimum absolute atomic E-state index is 0.0263. The van der Waals surface area contributed by atoms with E-state index in [-0.39, 0.29) is 18.6 Å². The highest BCUT2D eigenvalue weighted by Gasteiger charge is 2.41. The Bertz CT molecular complexity index is 304. The van der Waals surface area contributed by atoms with Gasteiger partial charge in [-0.15, -0.1) is 0 Å². The van der Waals surface area contributed by atoms with Gasteiger partial charge in [-0.1, -0.05) is 13.3 Å². The van der Waals surface area contributed by atoms with Crippen LogP contribution in [-0.2, 0) is 19.2 Å². The first-order valence-corrected chi connectivity index (χ1v) is 5.71. The van der Waals surface area contributed by atoms with Gasteiger partial charge in [-0.05, 0) is 6.42 Å². The van der Waals surface area contributed by atoms with Crippen LogP contribution in [0.3, 0.4) is 0 Å². The number of carboxylic acid groups (broad SMARTS) is 1. The Morgan fingerprint density at radius 3 is 2.82 bits per heavy atom. The van der Waals surface area contributed by atoms with E-state index in [2.05, 4.69) is 0 Å². The molecule has 6 nitrogen and oxygen atoms in total. The summed E-state index contributed by atoms with van der Waals surface area (Å²) in [6.07, 6.45) is 2.18. The Hall–Kier alpha value is -1.43. The van der Waals surface area contributed by atoms with Crippen LogP contribution in [0, 0.1) is 5.92 Å². The van der Waals surface area contributed by atoms with Gasteiger partial charge in [-0.25, -0.2) is 5.06 Å². The second kappa shape index (κ2) is 6.34. The molecule has 1 rings (SSSR count). The van der Waals surface area contributed by atoms with Gasteiger partial charge >= 0.3 is 5.97 Å². The first-order chi connectivity index (χ1) is 8.10. The topological polar surface area (TPSA) is 83.9 Å². The molecule has 0 aliphatic heterocycles. The second-order valence-corrected chi connectivity index (χ2v) is 4.11. The molecule has 1 N–H and O–H groups in total. The quantitative estimate of drug-likeness (QED) is 0.402. The zero-order chi connectivity index (χ0) is 12.8. The highest BCUT2D eigenvalue weighted by atomic mass is 16.7. The summed E-state index contributed by atoms with van der Waals surface area (Å²) in [4.78, 5) is 38.3. The molecular formula is C11H17NO5. The predicted octanol–water partition coefficient (Wildman–Crippen LogP) is 0.609. The number of hydroxylamine groups is 2. The number of unbranched alkanes of at least 4 members (excludes halogenated alkanes) is 1. The zero-order valence-corrected chi connectivity index (χ0v) is 9.80. The first kappa shape index (κ1) is 13.6. The number of Topliss-reactive ketones (excluding diaryl/α,β-unsaturated/α-hetero) is 1. The van der Waals surface area contributed by atoms with Crippen molar-refractivity contribution in [2.75, 3.05) is 6.61 Å².